The Labute approximate surface area is 191 Å². The molecule has 0 aliphatic heterocycles. The van der Waals surface area contributed by atoms with Crippen LogP contribution in [0.1, 0.15) is 23.0 Å². The van der Waals surface area contributed by atoms with Gasteiger partial charge in [-0.25, -0.2) is 0 Å². The van der Waals surface area contributed by atoms with Crippen molar-refractivity contribution in [3.63, 3.8) is 0 Å². The van der Waals surface area contributed by atoms with Crippen LogP contribution in [-0.2, 0) is 6.42 Å². The zero-order valence-electron chi connectivity index (χ0n) is 19.7. The maximum Gasteiger partial charge on any atom is 0.211 e. The van der Waals surface area contributed by atoms with Crippen molar-refractivity contribution in [1.82, 2.24) is 0 Å². The lowest BCUT2D eigenvalue weighted by Gasteiger charge is -2.19. The number of aliphatic hydroxyl groups is 1. The van der Waals surface area contributed by atoms with Crippen molar-refractivity contribution in [2.45, 2.75) is 19.4 Å². The zero-order valence-corrected chi connectivity index (χ0v) is 19.7. The number of ether oxygens (including phenoxy) is 6. The van der Waals surface area contributed by atoms with E-state index in [4.69, 9.17) is 32.8 Å². The molecule has 3 aromatic rings. The summed E-state index contributed by atoms with van der Waals surface area (Å²) in [7, 11) is 8.79. The van der Waals surface area contributed by atoms with Gasteiger partial charge in [0.25, 0.3) is 0 Å². The number of methoxy groups -OCH3 is 6. The fraction of sp³-hybridized carbons (Fsp3) is 0.375. The molecule has 9 heteroatoms. The van der Waals surface area contributed by atoms with E-state index < -0.39 is 6.10 Å². The van der Waals surface area contributed by atoms with E-state index in [2.05, 4.69) is 0 Å². The predicted octanol–water partition coefficient (Wildman–Crippen LogP) is 3.43. The highest BCUT2D eigenvalue weighted by Gasteiger charge is 2.29. The standard InChI is InChI=1S/C24H28O9/c1-12-16(11-14(25)13-8-9-15(27-2)17(10-13)28-3)33-21-18(19(12)26)20(29-4)22(30-5)24(32-7)23(21)31-6/h8-10,14,25H,11H2,1-7H3. The third-order valence-electron chi connectivity index (χ3n) is 5.48. The molecule has 0 aliphatic rings. The van der Waals surface area contributed by atoms with E-state index in [9.17, 15) is 9.90 Å². The minimum Gasteiger partial charge on any atom is -0.493 e. The number of rotatable bonds is 9. The lowest BCUT2D eigenvalue weighted by molar-refractivity contribution is 0.169. The minimum absolute atomic E-state index is 0.0340. The molecule has 3 rings (SSSR count). The Morgan fingerprint density at radius 1 is 0.818 bits per heavy atom. The summed E-state index contributed by atoms with van der Waals surface area (Å²) in [6.45, 7) is 1.63. The maximum atomic E-state index is 13.4. The number of hydrogen-bond donors (Lipinski definition) is 1. The van der Waals surface area contributed by atoms with Gasteiger partial charge in [-0.2, -0.15) is 0 Å². The molecule has 0 radical (unpaired) electrons. The van der Waals surface area contributed by atoms with Gasteiger partial charge in [0.15, 0.2) is 28.3 Å². The van der Waals surface area contributed by atoms with Crippen molar-refractivity contribution in [3.8, 4) is 34.5 Å². The summed E-state index contributed by atoms with van der Waals surface area (Å²) >= 11 is 0. The molecular formula is C24H28O9. The molecule has 0 saturated heterocycles. The quantitative estimate of drug-likeness (QED) is 0.514. The molecule has 0 spiro atoms. The van der Waals surface area contributed by atoms with Crippen LogP contribution in [0.25, 0.3) is 11.0 Å². The van der Waals surface area contributed by atoms with Crippen LogP contribution in [0.5, 0.6) is 34.5 Å². The summed E-state index contributed by atoms with van der Waals surface area (Å²) in [6, 6.07) is 5.10. The maximum absolute atomic E-state index is 13.4. The molecule has 9 nitrogen and oxygen atoms in total. The largest absolute Gasteiger partial charge is 0.493 e. The second kappa shape index (κ2) is 9.91. The van der Waals surface area contributed by atoms with Crippen LogP contribution in [0, 0.1) is 6.92 Å². The Bertz CT molecular complexity index is 1210. The third kappa shape index (κ3) is 4.11. The predicted molar refractivity (Wildman–Crippen MR) is 122 cm³/mol. The Kier molecular flexibility index (Phi) is 7.23. The molecule has 1 N–H and O–H groups in total. The minimum atomic E-state index is -0.975. The number of aliphatic hydroxyl groups excluding tert-OH is 1. The first-order valence-electron chi connectivity index (χ1n) is 10.1. The molecule has 0 saturated carbocycles. The average Bonchev–Trinajstić information content (AvgIpc) is 2.84. The molecule has 33 heavy (non-hydrogen) atoms. The first kappa shape index (κ1) is 24.1. The molecule has 0 fully saturated rings. The van der Waals surface area contributed by atoms with Gasteiger partial charge < -0.3 is 37.9 Å². The van der Waals surface area contributed by atoms with E-state index in [0.29, 0.717) is 28.4 Å². The van der Waals surface area contributed by atoms with Gasteiger partial charge >= 0.3 is 0 Å². The first-order chi connectivity index (χ1) is 15.9. The number of hydrogen-bond acceptors (Lipinski definition) is 9. The molecule has 0 amide bonds. The lowest BCUT2D eigenvalue weighted by Crippen LogP contribution is -2.14. The number of benzene rings is 2. The number of fused-ring (bicyclic) bond motifs is 1. The van der Waals surface area contributed by atoms with Crippen LogP contribution < -0.4 is 33.8 Å². The lowest BCUT2D eigenvalue weighted by atomic mass is 10.0. The summed E-state index contributed by atoms with van der Waals surface area (Å²) in [5.41, 5.74) is 0.709. The highest BCUT2D eigenvalue weighted by Crippen LogP contribution is 2.50. The fourth-order valence-electron chi connectivity index (χ4n) is 3.76. The van der Waals surface area contributed by atoms with Crippen molar-refractivity contribution in [2.75, 3.05) is 42.7 Å². The molecule has 1 aromatic heterocycles. The van der Waals surface area contributed by atoms with Crippen molar-refractivity contribution in [3.05, 3.63) is 45.3 Å². The molecule has 0 aliphatic carbocycles. The van der Waals surface area contributed by atoms with Gasteiger partial charge in [0.1, 0.15) is 11.1 Å². The Morgan fingerprint density at radius 3 is 1.94 bits per heavy atom. The van der Waals surface area contributed by atoms with Gasteiger partial charge in [-0.15, -0.1) is 0 Å². The van der Waals surface area contributed by atoms with Crippen molar-refractivity contribution < 1.29 is 37.9 Å². The summed E-state index contributed by atoms with van der Waals surface area (Å²) in [5, 5.41) is 11.1. The summed E-state index contributed by atoms with van der Waals surface area (Å²) in [4.78, 5) is 13.4. The van der Waals surface area contributed by atoms with E-state index in [1.807, 2.05) is 0 Å². The van der Waals surface area contributed by atoms with Crippen LogP contribution in [0.4, 0.5) is 0 Å². The second-order valence-corrected chi connectivity index (χ2v) is 7.15. The third-order valence-corrected chi connectivity index (χ3v) is 5.48. The zero-order chi connectivity index (χ0) is 24.3. The Balaban J connectivity index is 2.19. The summed E-state index contributed by atoms with van der Waals surface area (Å²) < 4.78 is 38.5. The molecule has 1 unspecified atom stereocenters. The van der Waals surface area contributed by atoms with Crippen LogP contribution >= 0.6 is 0 Å². The van der Waals surface area contributed by atoms with E-state index in [0.717, 1.165) is 0 Å². The van der Waals surface area contributed by atoms with E-state index >= 15 is 0 Å². The summed E-state index contributed by atoms with van der Waals surface area (Å²) in [6.07, 6.45) is -0.941. The molecule has 0 bridgehead atoms. The van der Waals surface area contributed by atoms with Gasteiger partial charge in [-0.1, -0.05) is 6.07 Å². The molecular weight excluding hydrogens is 432 g/mol. The van der Waals surface area contributed by atoms with Crippen molar-refractivity contribution in [2.24, 2.45) is 0 Å². The smallest absolute Gasteiger partial charge is 0.211 e. The molecule has 1 heterocycles. The first-order valence-corrected chi connectivity index (χ1v) is 10.1. The van der Waals surface area contributed by atoms with Crippen LogP contribution in [0.3, 0.4) is 0 Å². The van der Waals surface area contributed by atoms with E-state index in [-0.39, 0.29) is 45.8 Å². The monoisotopic (exact) mass is 460 g/mol. The van der Waals surface area contributed by atoms with Crippen molar-refractivity contribution in [1.29, 1.82) is 0 Å². The molecule has 178 valence electrons. The second-order valence-electron chi connectivity index (χ2n) is 7.15. The highest BCUT2D eigenvalue weighted by atomic mass is 16.5. The van der Waals surface area contributed by atoms with Gasteiger partial charge in [0, 0.05) is 12.0 Å². The SMILES string of the molecule is COc1ccc(C(O)Cc2oc3c(OC)c(OC)c(OC)c(OC)c3c(=O)c2C)cc1OC. The molecule has 1 atom stereocenters. The summed E-state index contributed by atoms with van der Waals surface area (Å²) in [5.74, 6) is 2.12. The van der Waals surface area contributed by atoms with Crippen molar-refractivity contribution >= 4 is 11.0 Å². The van der Waals surface area contributed by atoms with Crippen LogP contribution in [-0.4, -0.2) is 47.8 Å². The van der Waals surface area contributed by atoms with Crippen LogP contribution in [0.2, 0.25) is 0 Å². The van der Waals surface area contributed by atoms with E-state index in [1.54, 1.807) is 25.1 Å². The fourth-order valence-corrected chi connectivity index (χ4v) is 3.76. The van der Waals surface area contributed by atoms with Crippen LogP contribution in [0.15, 0.2) is 27.4 Å². The molecule has 2 aromatic carbocycles. The Hall–Kier alpha value is -3.59. The van der Waals surface area contributed by atoms with Gasteiger partial charge in [-0.05, 0) is 24.6 Å². The van der Waals surface area contributed by atoms with Gasteiger partial charge in [0.05, 0.1) is 48.8 Å². The average molecular weight is 460 g/mol. The van der Waals surface area contributed by atoms with Gasteiger partial charge in [-0.3, -0.25) is 4.79 Å². The highest BCUT2D eigenvalue weighted by molar-refractivity contribution is 5.95. The Morgan fingerprint density at radius 2 is 1.39 bits per heavy atom. The van der Waals surface area contributed by atoms with E-state index in [1.165, 1.54) is 42.7 Å². The van der Waals surface area contributed by atoms with Gasteiger partial charge in [0.2, 0.25) is 17.2 Å². The topological polar surface area (TPSA) is 106 Å². The normalized spacial score (nSPS) is 11.8.